The molecule has 2 rings (SSSR count). The van der Waals surface area contributed by atoms with Gasteiger partial charge in [-0.3, -0.25) is 9.69 Å². The summed E-state index contributed by atoms with van der Waals surface area (Å²) in [5.41, 5.74) is 0.447. The molecule has 116 valence electrons. The van der Waals surface area contributed by atoms with Crippen molar-refractivity contribution in [1.82, 2.24) is 4.90 Å². The average molecular weight is 339 g/mol. The van der Waals surface area contributed by atoms with E-state index in [1.165, 1.54) is 23.5 Å². The molecule has 6 heteroatoms. The second-order valence-electron chi connectivity index (χ2n) is 4.72. The zero-order chi connectivity index (χ0) is 15.9. The van der Waals surface area contributed by atoms with Gasteiger partial charge in [0.1, 0.15) is 5.82 Å². The van der Waals surface area contributed by atoms with Crippen molar-refractivity contribution >= 4 is 34.5 Å². The van der Waals surface area contributed by atoms with Gasteiger partial charge in [0.05, 0.1) is 10.9 Å². The van der Waals surface area contributed by atoms with E-state index < -0.39 is 0 Å². The smallest absolute Gasteiger partial charge is 0.238 e. The molecule has 0 unspecified atom stereocenters. The van der Waals surface area contributed by atoms with Crippen LogP contribution in [-0.4, -0.2) is 23.9 Å². The van der Waals surface area contributed by atoms with Crippen LogP contribution < -0.4 is 5.32 Å². The monoisotopic (exact) mass is 338 g/mol. The maximum atomic E-state index is 13.1. The lowest BCUT2D eigenvalue weighted by Gasteiger charge is -2.19. The van der Waals surface area contributed by atoms with Gasteiger partial charge in [-0.15, -0.1) is 17.9 Å². The number of benzene rings is 1. The van der Waals surface area contributed by atoms with E-state index in [1.807, 2.05) is 17.0 Å². The summed E-state index contributed by atoms with van der Waals surface area (Å²) < 4.78 is 13.8. The van der Waals surface area contributed by atoms with E-state index in [0.29, 0.717) is 18.8 Å². The molecule has 0 spiro atoms. The van der Waals surface area contributed by atoms with Gasteiger partial charge in [-0.1, -0.05) is 23.7 Å². The maximum absolute atomic E-state index is 13.1. The van der Waals surface area contributed by atoms with Crippen LogP contribution in [0.5, 0.6) is 0 Å². The molecule has 0 saturated carbocycles. The predicted molar refractivity (Wildman–Crippen MR) is 89.8 cm³/mol. The van der Waals surface area contributed by atoms with Crippen LogP contribution in [0, 0.1) is 5.82 Å². The Morgan fingerprint density at radius 1 is 1.41 bits per heavy atom. The first-order chi connectivity index (χ1) is 10.6. The summed E-state index contributed by atoms with van der Waals surface area (Å²) in [6, 6.07) is 9.60. The van der Waals surface area contributed by atoms with Gasteiger partial charge in [0, 0.05) is 23.7 Å². The first-order valence-corrected chi connectivity index (χ1v) is 7.89. The van der Waals surface area contributed by atoms with Crippen LogP contribution in [0.4, 0.5) is 10.1 Å². The van der Waals surface area contributed by atoms with Crippen LogP contribution >= 0.6 is 22.9 Å². The molecule has 0 aliphatic rings. The minimum absolute atomic E-state index is 0.193. The highest BCUT2D eigenvalue weighted by Crippen LogP contribution is 2.22. The molecule has 0 saturated heterocycles. The van der Waals surface area contributed by atoms with Crippen molar-refractivity contribution < 1.29 is 9.18 Å². The molecule has 0 bridgehead atoms. The topological polar surface area (TPSA) is 32.3 Å². The molecule has 1 N–H and O–H groups in total. The van der Waals surface area contributed by atoms with Gasteiger partial charge in [0.25, 0.3) is 0 Å². The summed E-state index contributed by atoms with van der Waals surface area (Å²) in [5, 5.41) is 2.69. The Hall–Kier alpha value is -1.69. The van der Waals surface area contributed by atoms with Crippen LogP contribution in [0.1, 0.15) is 4.88 Å². The van der Waals surface area contributed by atoms with E-state index >= 15 is 0 Å². The number of carbonyl (C=O) groups is 1. The molecule has 0 radical (unpaired) electrons. The fraction of sp³-hybridized carbons (Fsp3) is 0.188. The van der Waals surface area contributed by atoms with E-state index in [1.54, 1.807) is 18.2 Å². The van der Waals surface area contributed by atoms with Crippen LogP contribution in [0.15, 0.2) is 49.1 Å². The molecule has 0 aliphatic heterocycles. The molecule has 1 amide bonds. The molecular formula is C16H16ClFN2OS. The second kappa shape index (κ2) is 8.08. The molecule has 0 atom stereocenters. The predicted octanol–water partition coefficient (Wildman–Crippen LogP) is 4.17. The molecule has 22 heavy (non-hydrogen) atoms. The lowest BCUT2D eigenvalue weighted by atomic mass is 10.3. The molecule has 3 nitrogen and oxygen atoms in total. The summed E-state index contributed by atoms with van der Waals surface area (Å²) in [4.78, 5) is 15.1. The van der Waals surface area contributed by atoms with Crippen molar-refractivity contribution in [3.63, 3.8) is 0 Å². The van der Waals surface area contributed by atoms with Gasteiger partial charge in [-0.05, 0) is 30.3 Å². The van der Waals surface area contributed by atoms with Crippen molar-refractivity contribution in [2.45, 2.75) is 6.54 Å². The minimum atomic E-state index is -0.381. The van der Waals surface area contributed by atoms with E-state index in [9.17, 15) is 9.18 Å². The fourth-order valence-corrected chi connectivity index (χ4v) is 3.12. The first kappa shape index (κ1) is 16.7. The van der Waals surface area contributed by atoms with Gasteiger partial charge in [0.15, 0.2) is 0 Å². The Morgan fingerprint density at radius 2 is 2.23 bits per heavy atom. The summed E-state index contributed by atoms with van der Waals surface area (Å²) in [6.45, 7) is 5.08. The maximum Gasteiger partial charge on any atom is 0.238 e. The zero-order valence-electron chi connectivity index (χ0n) is 11.9. The lowest BCUT2D eigenvalue weighted by molar-refractivity contribution is -0.117. The van der Waals surface area contributed by atoms with E-state index in [4.69, 9.17) is 11.6 Å². The quantitative estimate of drug-likeness (QED) is 0.768. The van der Waals surface area contributed by atoms with Gasteiger partial charge >= 0.3 is 0 Å². The number of thiophene rings is 1. The van der Waals surface area contributed by atoms with Gasteiger partial charge in [-0.25, -0.2) is 4.39 Å². The molecule has 2 aromatic rings. The number of rotatable bonds is 7. The van der Waals surface area contributed by atoms with Gasteiger partial charge in [-0.2, -0.15) is 0 Å². The largest absolute Gasteiger partial charge is 0.325 e. The van der Waals surface area contributed by atoms with Crippen LogP contribution in [0.25, 0.3) is 0 Å². The summed E-state index contributed by atoms with van der Waals surface area (Å²) in [5.74, 6) is -0.580. The highest BCUT2D eigenvalue weighted by Gasteiger charge is 2.12. The zero-order valence-corrected chi connectivity index (χ0v) is 13.5. The summed E-state index contributed by atoms with van der Waals surface area (Å²) >= 11 is 7.40. The minimum Gasteiger partial charge on any atom is -0.325 e. The highest BCUT2D eigenvalue weighted by atomic mass is 35.5. The number of halogens is 2. The normalized spacial score (nSPS) is 10.7. The Balaban J connectivity index is 1.94. The van der Waals surface area contributed by atoms with E-state index in [2.05, 4.69) is 11.9 Å². The Labute approximate surface area is 138 Å². The number of carbonyl (C=O) groups excluding carboxylic acids is 1. The van der Waals surface area contributed by atoms with E-state index in [0.717, 1.165) is 9.21 Å². The van der Waals surface area contributed by atoms with Gasteiger partial charge in [0.2, 0.25) is 5.91 Å². The first-order valence-electron chi connectivity index (χ1n) is 6.69. The second-order valence-corrected chi connectivity index (χ2v) is 6.52. The third-order valence-corrected chi connectivity index (χ3v) is 4.09. The Kier molecular flexibility index (Phi) is 6.12. The van der Waals surface area contributed by atoms with Crippen molar-refractivity contribution in [3.05, 3.63) is 64.1 Å². The van der Waals surface area contributed by atoms with Crippen LogP contribution in [0.3, 0.4) is 0 Å². The number of anilines is 1. The van der Waals surface area contributed by atoms with Gasteiger partial charge < -0.3 is 5.32 Å². The standard InChI is InChI=1S/C16H16ClFN2OS/c1-2-8-20(10-14-6-7-15(17)22-14)11-16(21)19-13-5-3-4-12(18)9-13/h2-7,9H,1,8,10-11H2,(H,19,21). The third-order valence-electron chi connectivity index (χ3n) is 2.87. The molecule has 0 fully saturated rings. The summed E-state index contributed by atoms with van der Waals surface area (Å²) in [6.07, 6.45) is 1.74. The number of hydrogen-bond donors (Lipinski definition) is 1. The average Bonchev–Trinajstić information content (AvgIpc) is 2.84. The third kappa shape index (κ3) is 5.26. The van der Waals surface area contributed by atoms with Crippen molar-refractivity contribution in [2.24, 2.45) is 0 Å². The molecule has 1 aromatic carbocycles. The van der Waals surface area contributed by atoms with Crippen LogP contribution in [-0.2, 0) is 11.3 Å². The number of hydrogen-bond acceptors (Lipinski definition) is 3. The number of nitrogens with zero attached hydrogens (tertiary/aromatic N) is 1. The van der Waals surface area contributed by atoms with E-state index in [-0.39, 0.29) is 18.3 Å². The Bertz CT molecular complexity index is 659. The van der Waals surface area contributed by atoms with Crippen molar-refractivity contribution in [1.29, 1.82) is 0 Å². The molecule has 1 aromatic heterocycles. The van der Waals surface area contributed by atoms with Crippen molar-refractivity contribution in [2.75, 3.05) is 18.4 Å². The molecule has 1 heterocycles. The molecular weight excluding hydrogens is 323 g/mol. The lowest BCUT2D eigenvalue weighted by Crippen LogP contribution is -2.32. The highest BCUT2D eigenvalue weighted by molar-refractivity contribution is 7.16. The Morgan fingerprint density at radius 3 is 2.86 bits per heavy atom. The SMILES string of the molecule is C=CCN(CC(=O)Nc1cccc(F)c1)Cc1ccc(Cl)s1. The fourth-order valence-electron chi connectivity index (χ4n) is 1.99. The summed E-state index contributed by atoms with van der Waals surface area (Å²) in [7, 11) is 0. The van der Waals surface area contributed by atoms with Crippen molar-refractivity contribution in [3.8, 4) is 0 Å². The molecule has 0 aliphatic carbocycles. The number of nitrogens with one attached hydrogen (secondary N) is 1. The van der Waals surface area contributed by atoms with Crippen LogP contribution in [0.2, 0.25) is 4.34 Å². The number of amides is 1.